The summed E-state index contributed by atoms with van der Waals surface area (Å²) in [6, 6.07) is 28.4. The lowest BCUT2D eigenvalue weighted by atomic mass is 9.93. The molecule has 0 heterocycles. The molecule has 0 N–H and O–H groups in total. The van der Waals surface area contributed by atoms with Crippen molar-refractivity contribution in [1.82, 2.24) is 0 Å². The first kappa shape index (κ1) is 12.2. The van der Waals surface area contributed by atoms with Crippen molar-refractivity contribution < 1.29 is 0 Å². The average Bonchev–Trinajstić information content (AvgIpc) is 2.54. The highest BCUT2D eigenvalue weighted by molar-refractivity contribution is 6.13. The molecule has 0 saturated heterocycles. The molecule has 0 bridgehead atoms. The highest BCUT2D eigenvalue weighted by Crippen LogP contribution is 2.34. The Morgan fingerprint density at radius 2 is 1.29 bits per heavy atom. The molecule has 0 fully saturated rings. The van der Waals surface area contributed by atoms with Gasteiger partial charge in [0.1, 0.15) is 0 Å². The summed E-state index contributed by atoms with van der Waals surface area (Å²) in [6.07, 6.45) is 0. The summed E-state index contributed by atoms with van der Waals surface area (Å²) < 4.78 is 0. The van der Waals surface area contributed by atoms with Gasteiger partial charge in [-0.15, -0.1) is 0 Å². The van der Waals surface area contributed by atoms with E-state index in [1.807, 2.05) is 0 Å². The fraction of sp³-hybridized carbons (Fsp3) is 0.0476. The zero-order valence-electron chi connectivity index (χ0n) is 12.0. The Balaban J connectivity index is 2.16. The van der Waals surface area contributed by atoms with Gasteiger partial charge in [-0.3, -0.25) is 0 Å². The van der Waals surface area contributed by atoms with Crippen molar-refractivity contribution in [3.05, 3.63) is 84.4 Å². The third kappa shape index (κ3) is 2.00. The van der Waals surface area contributed by atoms with E-state index < -0.39 is 0 Å². The molecule has 0 aliphatic carbocycles. The van der Waals surface area contributed by atoms with E-state index in [0.29, 0.717) is 0 Å². The maximum atomic E-state index is 2.31. The summed E-state index contributed by atoms with van der Waals surface area (Å²) in [5, 5.41) is 5.27. The van der Waals surface area contributed by atoms with Gasteiger partial charge in [-0.2, -0.15) is 0 Å². The molecule has 0 nitrogen and oxygen atoms in total. The van der Waals surface area contributed by atoms with Crippen LogP contribution < -0.4 is 0 Å². The van der Waals surface area contributed by atoms with Crippen LogP contribution in [0, 0.1) is 6.92 Å². The van der Waals surface area contributed by atoms with Crippen molar-refractivity contribution in [2.45, 2.75) is 6.92 Å². The topological polar surface area (TPSA) is 0 Å². The number of hydrogen-bond acceptors (Lipinski definition) is 0. The Hall–Kier alpha value is -2.60. The van der Waals surface area contributed by atoms with E-state index in [-0.39, 0.29) is 0 Å². The molecule has 100 valence electrons. The fourth-order valence-corrected chi connectivity index (χ4v) is 3.11. The second-order valence-electron chi connectivity index (χ2n) is 5.56. The van der Waals surface area contributed by atoms with E-state index in [1.165, 1.54) is 38.2 Å². The quantitative estimate of drug-likeness (QED) is 0.373. The van der Waals surface area contributed by atoms with E-state index in [0.717, 1.165) is 0 Å². The van der Waals surface area contributed by atoms with Crippen LogP contribution in [0.1, 0.15) is 5.56 Å². The summed E-state index contributed by atoms with van der Waals surface area (Å²) >= 11 is 0. The van der Waals surface area contributed by atoms with Gasteiger partial charge in [-0.05, 0) is 45.7 Å². The Kier molecular flexibility index (Phi) is 2.75. The van der Waals surface area contributed by atoms with Crippen LogP contribution >= 0.6 is 0 Å². The number of fused-ring (bicyclic) bond motifs is 3. The van der Waals surface area contributed by atoms with Crippen LogP contribution in [-0.2, 0) is 0 Å². The Morgan fingerprint density at radius 3 is 2.10 bits per heavy atom. The van der Waals surface area contributed by atoms with E-state index in [1.54, 1.807) is 0 Å². The van der Waals surface area contributed by atoms with Crippen LogP contribution in [0.2, 0.25) is 0 Å². The second-order valence-corrected chi connectivity index (χ2v) is 5.56. The second kappa shape index (κ2) is 4.75. The predicted molar refractivity (Wildman–Crippen MR) is 91.6 cm³/mol. The molecule has 0 unspecified atom stereocenters. The molecule has 21 heavy (non-hydrogen) atoms. The molecule has 0 radical (unpaired) electrons. The molecule has 4 rings (SSSR count). The molecular weight excluding hydrogens is 252 g/mol. The molecule has 0 aliphatic rings. The van der Waals surface area contributed by atoms with Crippen LogP contribution in [0.15, 0.2) is 78.9 Å². The maximum Gasteiger partial charge on any atom is -0.00989 e. The van der Waals surface area contributed by atoms with Crippen molar-refractivity contribution in [3.63, 3.8) is 0 Å². The summed E-state index contributed by atoms with van der Waals surface area (Å²) in [5.74, 6) is 0. The molecule has 0 atom stereocenters. The molecule has 0 aromatic heterocycles. The summed E-state index contributed by atoms with van der Waals surface area (Å²) in [5.41, 5.74) is 3.90. The van der Waals surface area contributed by atoms with Gasteiger partial charge in [-0.25, -0.2) is 0 Å². The monoisotopic (exact) mass is 268 g/mol. The smallest absolute Gasteiger partial charge is 0.00989 e. The van der Waals surface area contributed by atoms with Crippen molar-refractivity contribution in [2.75, 3.05) is 0 Å². The van der Waals surface area contributed by atoms with E-state index in [4.69, 9.17) is 0 Å². The molecule has 0 spiro atoms. The van der Waals surface area contributed by atoms with Crippen LogP contribution in [0.5, 0.6) is 0 Å². The van der Waals surface area contributed by atoms with Gasteiger partial charge in [0.25, 0.3) is 0 Å². The Morgan fingerprint density at radius 1 is 0.571 bits per heavy atom. The SMILES string of the molecule is Cc1cccc(-c2cc3ccccc3c3ccccc23)c1. The first-order valence-corrected chi connectivity index (χ1v) is 7.30. The van der Waals surface area contributed by atoms with Gasteiger partial charge in [0.05, 0.1) is 0 Å². The van der Waals surface area contributed by atoms with Crippen molar-refractivity contribution in [3.8, 4) is 11.1 Å². The molecular formula is C21H16. The van der Waals surface area contributed by atoms with Gasteiger partial charge in [0.2, 0.25) is 0 Å². The van der Waals surface area contributed by atoms with Crippen LogP contribution in [0.25, 0.3) is 32.7 Å². The van der Waals surface area contributed by atoms with Crippen LogP contribution in [-0.4, -0.2) is 0 Å². The highest BCUT2D eigenvalue weighted by atomic mass is 14.1. The van der Waals surface area contributed by atoms with E-state index in [9.17, 15) is 0 Å². The number of aryl methyl sites for hydroxylation is 1. The minimum Gasteiger partial charge on any atom is -0.0616 e. The summed E-state index contributed by atoms with van der Waals surface area (Å²) in [6.45, 7) is 2.15. The first-order chi connectivity index (χ1) is 10.3. The number of benzene rings is 4. The standard InChI is InChI=1S/C21H16/c1-15-7-6-9-16(13-15)21-14-17-8-2-3-10-18(17)19-11-4-5-12-20(19)21/h2-14H,1H3. The number of hydrogen-bond donors (Lipinski definition) is 0. The largest absolute Gasteiger partial charge is 0.0616 e. The lowest BCUT2D eigenvalue weighted by molar-refractivity contribution is 1.47. The summed E-state index contributed by atoms with van der Waals surface area (Å²) in [7, 11) is 0. The lowest BCUT2D eigenvalue weighted by Gasteiger charge is -2.11. The normalized spacial score (nSPS) is 11.1. The predicted octanol–water partition coefficient (Wildman–Crippen LogP) is 5.97. The minimum atomic E-state index is 1.29. The zero-order valence-corrected chi connectivity index (χ0v) is 12.0. The minimum absolute atomic E-state index is 1.29. The van der Waals surface area contributed by atoms with Gasteiger partial charge >= 0.3 is 0 Å². The van der Waals surface area contributed by atoms with Crippen molar-refractivity contribution in [1.29, 1.82) is 0 Å². The van der Waals surface area contributed by atoms with Crippen molar-refractivity contribution in [2.24, 2.45) is 0 Å². The zero-order chi connectivity index (χ0) is 14.2. The Labute approximate surface area is 124 Å². The Bertz CT molecular complexity index is 948. The average molecular weight is 268 g/mol. The molecule has 0 heteroatoms. The first-order valence-electron chi connectivity index (χ1n) is 7.30. The van der Waals surface area contributed by atoms with E-state index >= 15 is 0 Å². The van der Waals surface area contributed by atoms with Crippen LogP contribution in [0.3, 0.4) is 0 Å². The molecule has 4 aromatic carbocycles. The van der Waals surface area contributed by atoms with Crippen molar-refractivity contribution >= 4 is 21.5 Å². The van der Waals surface area contributed by atoms with E-state index in [2.05, 4.69) is 85.8 Å². The molecule has 0 amide bonds. The van der Waals surface area contributed by atoms with Gasteiger partial charge in [-0.1, -0.05) is 78.4 Å². The van der Waals surface area contributed by atoms with Gasteiger partial charge in [0, 0.05) is 0 Å². The third-order valence-corrected chi connectivity index (χ3v) is 4.10. The number of rotatable bonds is 1. The summed E-state index contributed by atoms with van der Waals surface area (Å²) in [4.78, 5) is 0. The van der Waals surface area contributed by atoms with Gasteiger partial charge < -0.3 is 0 Å². The highest BCUT2D eigenvalue weighted by Gasteiger charge is 2.07. The fourth-order valence-electron chi connectivity index (χ4n) is 3.11. The third-order valence-electron chi connectivity index (χ3n) is 4.10. The van der Waals surface area contributed by atoms with Crippen LogP contribution in [0.4, 0.5) is 0 Å². The maximum absolute atomic E-state index is 2.31. The lowest BCUT2D eigenvalue weighted by Crippen LogP contribution is -1.85. The molecule has 4 aromatic rings. The molecule has 0 aliphatic heterocycles. The molecule has 0 saturated carbocycles. The van der Waals surface area contributed by atoms with Gasteiger partial charge in [0.15, 0.2) is 0 Å².